The summed E-state index contributed by atoms with van der Waals surface area (Å²) in [5.41, 5.74) is 0.233. The number of hydrogen-bond acceptors (Lipinski definition) is 1. The Labute approximate surface area is 139 Å². The van der Waals surface area contributed by atoms with Gasteiger partial charge in [0.2, 0.25) is 0 Å². The van der Waals surface area contributed by atoms with Crippen molar-refractivity contribution in [2.75, 3.05) is 0 Å². The van der Waals surface area contributed by atoms with Gasteiger partial charge in [0.15, 0.2) is 0 Å². The van der Waals surface area contributed by atoms with Crippen molar-refractivity contribution in [3.8, 4) is 0 Å². The summed E-state index contributed by atoms with van der Waals surface area (Å²) < 4.78 is 0. The lowest BCUT2D eigenvalue weighted by Crippen LogP contribution is -2.52. The molecule has 7 unspecified atom stereocenters. The fourth-order valence-corrected chi connectivity index (χ4v) is 7.64. The van der Waals surface area contributed by atoms with Gasteiger partial charge in [0.05, 0.1) is 5.60 Å². The first-order valence-corrected chi connectivity index (χ1v) is 9.50. The Hall–Kier alpha value is -0.0400. The third-order valence-corrected chi connectivity index (χ3v) is 8.49. The van der Waals surface area contributed by atoms with Crippen molar-refractivity contribution < 1.29 is 5.11 Å². The average molecular weight is 309 g/mol. The molecule has 0 amide bonds. The highest BCUT2D eigenvalue weighted by Crippen LogP contribution is 2.74. The van der Waals surface area contributed by atoms with E-state index in [2.05, 4.69) is 55.4 Å². The highest BCUT2D eigenvalue weighted by molar-refractivity contribution is 5.17. The smallest absolute Gasteiger partial charge is 0.0624 e. The van der Waals surface area contributed by atoms with E-state index in [0.29, 0.717) is 34.5 Å². The Morgan fingerprint density at radius 1 is 1.05 bits per heavy atom. The molecule has 0 bridgehead atoms. The van der Waals surface area contributed by atoms with Gasteiger partial charge in [-0.05, 0) is 72.5 Å². The Bertz CT molecular complexity index is 416. The fourth-order valence-electron chi connectivity index (χ4n) is 7.64. The van der Waals surface area contributed by atoms with Crippen molar-refractivity contribution in [3.63, 3.8) is 0 Å². The van der Waals surface area contributed by atoms with Crippen molar-refractivity contribution in [2.24, 2.45) is 52.3 Å². The molecule has 1 N–H and O–H groups in total. The van der Waals surface area contributed by atoms with Crippen molar-refractivity contribution in [1.29, 1.82) is 0 Å². The Morgan fingerprint density at radius 3 is 1.86 bits per heavy atom. The molecule has 0 aromatic carbocycles. The number of rotatable bonds is 4. The van der Waals surface area contributed by atoms with E-state index in [9.17, 15) is 5.11 Å². The molecule has 0 aliphatic heterocycles. The van der Waals surface area contributed by atoms with Crippen LogP contribution in [0, 0.1) is 52.3 Å². The van der Waals surface area contributed by atoms with Crippen LogP contribution in [-0.4, -0.2) is 10.7 Å². The van der Waals surface area contributed by atoms with E-state index >= 15 is 0 Å². The van der Waals surface area contributed by atoms with Gasteiger partial charge in [-0.1, -0.05) is 55.4 Å². The highest BCUT2D eigenvalue weighted by atomic mass is 16.3. The van der Waals surface area contributed by atoms with E-state index in [1.807, 2.05) is 13.8 Å². The van der Waals surface area contributed by atoms with Crippen molar-refractivity contribution in [2.45, 2.75) is 81.3 Å². The minimum atomic E-state index is -0.600. The normalized spacial score (nSPS) is 43.6. The molecular formula is C21H40O. The standard InChI is InChI=1S/C21H40O/c1-12(2)17(20(8,9)22)15(5)18-14(4)16-11-13(3)21(16,10)19(18,6)7/h12-18,22H,11H2,1-10H3. The Balaban J connectivity index is 2.39. The van der Waals surface area contributed by atoms with Crippen LogP contribution in [0.2, 0.25) is 0 Å². The van der Waals surface area contributed by atoms with Crippen LogP contribution in [-0.2, 0) is 0 Å². The van der Waals surface area contributed by atoms with Gasteiger partial charge in [0.25, 0.3) is 0 Å². The van der Waals surface area contributed by atoms with Crippen LogP contribution < -0.4 is 0 Å². The molecule has 0 saturated heterocycles. The summed E-state index contributed by atoms with van der Waals surface area (Å²) in [6.07, 6.45) is 1.40. The maximum Gasteiger partial charge on any atom is 0.0624 e. The zero-order chi connectivity index (χ0) is 17.2. The SMILES string of the molecule is CC(C)C(C(C)C1C(C)C2CC(C)C2(C)C1(C)C)C(C)(C)O. The van der Waals surface area contributed by atoms with Gasteiger partial charge in [-0.3, -0.25) is 0 Å². The molecule has 2 rings (SSSR count). The zero-order valence-corrected chi connectivity index (χ0v) is 16.7. The molecule has 7 atom stereocenters. The van der Waals surface area contributed by atoms with Gasteiger partial charge < -0.3 is 5.11 Å². The summed E-state index contributed by atoms with van der Waals surface area (Å²) in [6.45, 7) is 23.5. The van der Waals surface area contributed by atoms with Crippen molar-refractivity contribution in [3.05, 3.63) is 0 Å². The third-order valence-electron chi connectivity index (χ3n) is 8.49. The molecule has 130 valence electrons. The zero-order valence-electron chi connectivity index (χ0n) is 16.7. The monoisotopic (exact) mass is 308 g/mol. The van der Waals surface area contributed by atoms with Crippen LogP contribution in [0.5, 0.6) is 0 Å². The van der Waals surface area contributed by atoms with E-state index in [0.717, 1.165) is 17.8 Å². The summed E-state index contributed by atoms with van der Waals surface area (Å²) in [5, 5.41) is 10.8. The molecule has 2 aliphatic rings. The molecule has 1 nitrogen and oxygen atoms in total. The maximum atomic E-state index is 10.8. The lowest BCUT2D eigenvalue weighted by atomic mass is 9.47. The Kier molecular flexibility index (Phi) is 4.35. The summed E-state index contributed by atoms with van der Waals surface area (Å²) in [7, 11) is 0. The summed E-state index contributed by atoms with van der Waals surface area (Å²) in [4.78, 5) is 0. The van der Waals surface area contributed by atoms with Gasteiger partial charge in [0, 0.05) is 0 Å². The molecular weight excluding hydrogens is 268 g/mol. The molecule has 0 heterocycles. The minimum Gasteiger partial charge on any atom is -0.390 e. The quantitative estimate of drug-likeness (QED) is 0.714. The first-order chi connectivity index (χ1) is 9.77. The minimum absolute atomic E-state index is 0.354. The molecule has 1 heteroatoms. The van der Waals surface area contributed by atoms with Crippen molar-refractivity contribution in [1.82, 2.24) is 0 Å². The first kappa shape index (κ1) is 18.3. The van der Waals surface area contributed by atoms with Crippen LogP contribution in [0.15, 0.2) is 0 Å². The summed E-state index contributed by atoms with van der Waals surface area (Å²) >= 11 is 0. The molecule has 0 aromatic rings. The predicted molar refractivity (Wildman–Crippen MR) is 95.6 cm³/mol. The summed E-state index contributed by atoms with van der Waals surface area (Å²) in [5.74, 6) is 4.61. The van der Waals surface area contributed by atoms with Crippen LogP contribution in [0.25, 0.3) is 0 Å². The molecule has 2 aliphatic carbocycles. The lowest BCUT2D eigenvalue weighted by molar-refractivity contribution is -0.101. The summed E-state index contributed by atoms with van der Waals surface area (Å²) in [6, 6.07) is 0. The van der Waals surface area contributed by atoms with E-state index in [4.69, 9.17) is 0 Å². The van der Waals surface area contributed by atoms with Gasteiger partial charge in [-0.25, -0.2) is 0 Å². The van der Waals surface area contributed by atoms with E-state index in [1.165, 1.54) is 6.42 Å². The first-order valence-electron chi connectivity index (χ1n) is 9.50. The second kappa shape index (κ2) is 5.23. The van der Waals surface area contributed by atoms with E-state index in [1.54, 1.807) is 0 Å². The van der Waals surface area contributed by atoms with Gasteiger partial charge in [-0.2, -0.15) is 0 Å². The molecule has 2 fully saturated rings. The maximum absolute atomic E-state index is 10.8. The molecule has 22 heavy (non-hydrogen) atoms. The third kappa shape index (κ3) is 2.21. The van der Waals surface area contributed by atoms with Crippen LogP contribution in [0.3, 0.4) is 0 Å². The van der Waals surface area contributed by atoms with Gasteiger partial charge in [-0.15, -0.1) is 0 Å². The molecule has 2 saturated carbocycles. The molecule has 0 aromatic heterocycles. The molecule has 0 radical (unpaired) electrons. The van der Waals surface area contributed by atoms with Crippen LogP contribution in [0.1, 0.15) is 75.7 Å². The molecule has 0 spiro atoms. The van der Waals surface area contributed by atoms with Gasteiger partial charge >= 0.3 is 0 Å². The average Bonchev–Trinajstić information content (AvgIpc) is 2.42. The number of aliphatic hydroxyl groups is 1. The topological polar surface area (TPSA) is 20.2 Å². The van der Waals surface area contributed by atoms with Crippen molar-refractivity contribution >= 4 is 0 Å². The van der Waals surface area contributed by atoms with E-state index in [-0.39, 0.29) is 0 Å². The Morgan fingerprint density at radius 2 is 1.55 bits per heavy atom. The highest BCUT2D eigenvalue weighted by Gasteiger charge is 2.69. The number of hydrogen-bond donors (Lipinski definition) is 1. The van der Waals surface area contributed by atoms with Gasteiger partial charge in [0.1, 0.15) is 0 Å². The lowest BCUT2D eigenvalue weighted by Gasteiger charge is -2.57. The van der Waals surface area contributed by atoms with Crippen LogP contribution in [0.4, 0.5) is 0 Å². The predicted octanol–water partition coefficient (Wildman–Crippen LogP) is 5.62. The number of fused-ring (bicyclic) bond motifs is 1. The second-order valence-electron chi connectivity index (χ2n) is 10.4. The van der Waals surface area contributed by atoms with E-state index < -0.39 is 5.60 Å². The second-order valence-corrected chi connectivity index (χ2v) is 10.4. The van der Waals surface area contributed by atoms with Crippen LogP contribution >= 0.6 is 0 Å². The largest absolute Gasteiger partial charge is 0.390 e. The fraction of sp³-hybridized carbons (Fsp3) is 1.00.